The van der Waals surface area contributed by atoms with E-state index in [1.54, 1.807) is 18.4 Å². The standard InChI is InChI=1S/C21H16BrN3O3S/c1-12-4-2-3-5-16(12)24-19(26)11-25-20(27)18(29-21(25)28)8-13-10-23-17-7-6-14(22)9-15(13)17/h2-10,27H,11H2,1H3,(H,24,26). The van der Waals surface area contributed by atoms with Crippen molar-refractivity contribution >= 4 is 62.4 Å². The Morgan fingerprint density at radius 3 is 2.90 bits per heavy atom. The summed E-state index contributed by atoms with van der Waals surface area (Å²) in [5.41, 5.74) is 4.10. The summed E-state index contributed by atoms with van der Waals surface area (Å²) in [6.07, 6.45) is 3.40. The van der Waals surface area contributed by atoms with Gasteiger partial charge in [-0.25, -0.2) is 0 Å². The van der Waals surface area contributed by atoms with Crippen LogP contribution < -0.4 is 10.2 Å². The number of aliphatic imine (C=N–C) groups is 1. The Morgan fingerprint density at radius 2 is 2.10 bits per heavy atom. The van der Waals surface area contributed by atoms with Gasteiger partial charge in [-0.05, 0) is 42.8 Å². The smallest absolute Gasteiger partial charge is 0.311 e. The number of hydrogen-bond acceptors (Lipinski definition) is 5. The Bertz CT molecular complexity index is 1240. The number of halogens is 1. The number of carbonyl (C=O) groups excluding carboxylic acids is 1. The number of hydrogen-bond donors (Lipinski definition) is 2. The highest BCUT2D eigenvalue weighted by Crippen LogP contribution is 2.36. The van der Waals surface area contributed by atoms with Crippen LogP contribution in [0, 0.1) is 6.92 Å². The molecule has 3 aromatic rings. The molecule has 1 aliphatic rings. The molecule has 0 saturated carbocycles. The van der Waals surface area contributed by atoms with E-state index in [1.807, 2.05) is 43.3 Å². The number of amides is 1. The van der Waals surface area contributed by atoms with E-state index in [4.69, 9.17) is 0 Å². The van der Waals surface area contributed by atoms with Gasteiger partial charge in [-0.1, -0.05) is 45.5 Å². The normalized spacial score (nSPS) is 13.7. The van der Waals surface area contributed by atoms with E-state index in [9.17, 15) is 14.7 Å². The van der Waals surface area contributed by atoms with Crippen molar-refractivity contribution in [1.29, 1.82) is 0 Å². The monoisotopic (exact) mass is 469 g/mol. The first-order valence-corrected chi connectivity index (χ1v) is 10.4. The van der Waals surface area contributed by atoms with E-state index in [2.05, 4.69) is 26.2 Å². The van der Waals surface area contributed by atoms with Crippen LogP contribution in [0.15, 0.2) is 56.7 Å². The SMILES string of the molecule is Cc1ccccc1NC(=O)Cn1c(O)c(C=C2C=Nc3ccc(Br)cc32)sc1=O. The molecule has 0 aliphatic carbocycles. The second-order valence-electron chi connectivity index (χ2n) is 6.52. The van der Waals surface area contributed by atoms with E-state index >= 15 is 0 Å². The molecule has 0 unspecified atom stereocenters. The van der Waals surface area contributed by atoms with E-state index in [1.165, 1.54) is 0 Å². The number of aromatic hydroxyl groups is 1. The number of rotatable bonds is 4. The molecular weight excluding hydrogens is 454 g/mol. The van der Waals surface area contributed by atoms with Gasteiger partial charge in [-0.15, -0.1) is 0 Å². The first-order valence-electron chi connectivity index (χ1n) is 8.76. The molecule has 2 aromatic carbocycles. The van der Waals surface area contributed by atoms with Crippen LogP contribution in [0.1, 0.15) is 16.0 Å². The van der Waals surface area contributed by atoms with Crippen LogP contribution in [0.2, 0.25) is 0 Å². The van der Waals surface area contributed by atoms with Crippen molar-refractivity contribution < 1.29 is 9.90 Å². The third-order valence-corrected chi connectivity index (χ3v) is 5.92. The van der Waals surface area contributed by atoms with Gasteiger partial charge in [0, 0.05) is 27.5 Å². The number of nitrogens with zero attached hydrogens (tertiary/aromatic N) is 2. The quantitative estimate of drug-likeness (QED) is 0.586. The first kappa shape index (κ1) is 19.4. The second kappa shape index (κ2) is 7.81. The van der Waals surface area contributed by atoms with Crippen molar-refractivity contribution in [3.8, 4) is 5.88 Å². The molecular formula is C21H16BrN3O3S. The molecule has 146 valence electrons. The number of carbonyl (C=O) groups is 1. The molecule has 2 N–H and O–H groups in total. The lowest BCUT2D eigenvalue weighted by molar-refractivity contribution is -0.116. The number of anilines is 1. The van der Waals surface area contributed by atoms with Crippen LogP contribution in [0.25, 0.3) is 11.6 Å². The highest BCUT2D eigenvalue weighted by molar-refractivity contribution is 9.10. The van der Waals surface area contributed by atoms with Gasteiger partial charge in [0.15, 0.2) is 0 Å². The van der Waals surface area contributed by atoms with Crippen LogP contribution in [0.3, 0.4) is 0 Å². The summed E-state index contributed by atoms with van der Waals surface area (Å²) in [5.74, 6) is -0.616. The highest BCUT2D eigenvalue weighted by Gasteiger charge is 2.18. The fourth-order valence-corrected chi connectivity index (χ4v) is 4.21. The molecule has 0 saturated heterocycles. The lowest BCUT2D eigenvalue weighted by Crippen LogP contribution is -2.24. The Kier molecular flexibility index (Phi) is 5.21. The molecule has 1 aliphatic heterocycles. The third kappa shape index (κ3) is 3.94. The number of nitrogens with one attached hydrogen (secondary N) is 1. The summed E-state index contributed by atoms with van der Waals surface area (Å²) in [7, 11) is 0. The van der Waals surface area contributed by atoms with E-state index in [0.717, 1.165) is 42.8 Å². The maximum absolute atomic E-state index is 12.4. The Morgan fingerprint density at radius 1 is 1.31 bits per heavy atom. The molecule has 1 amide bonds. The van der Waals surface area contributed by atoms with Crippen molar-refractivity contribution in [3.05, 3.63) is 72.6 Å². The molecule has 8 heteroatoms. The summed E-state index contributed by atoms with van der Waals surface area (Å²) in [4.78, 5) is 29.1. The van der Waals surface area contributed by atoms with Gasteiger partial charge in [0.25, 0.3) is 0 Å². The van der Waals surface area contributed by atoms with Crippen molar-refractivity contribution in [3.63, 3.8) is 0 Å². The van der Waals surface area contributed by atoms with Gasteiger partial charge in [0.1, 0.15) is 6.54 Å². The lowest BCUT2D eigenvalue weighted by atomic mass is 10.1. The molecule has 2 heterocycles. The first-order chi connectivity index (χ1) is 13.9. The fourth-order valence-electron chi connectivity index (χ4n) is 3.01. The second-order valence-corrected chi connectivity index (χ2v) is 8.43. The fraction of sp³-hybridized carbons (Fsp3) is 0.0952. The Labute approximate surface area is 179 Å². The molecule has 0 radical (unpaired) electrons. The minimum absolute atomic E-state index is 0.232. The molecule has 4 rings (SSSR count). The molecule has 0 spiro atoms. The van der Waals surface area contributed by atoms with E-state index in [-0.39, 0.29) is 18.3 Å². The summed E-state index contributed by atoms with van der Waals surface area (Å²) in [5, 5.41) is 13.3. The van der Waals surface area contributed by atoms with Crippen molar-refractivity contribution in [2.45, 2.75) is 13.5 Å². The van der Waals surface area contributed by atoms with Crippen molar-refractivity contribution in [2.24, 2.45) is 4.99 Å². The van der Waals surface area contributed by atoms with Gasteiger partial charge in [0.2, 0.25) is 11.8 Å². The van der Waals surface area contributed by atoms with Crippen LogP contribution in [-0.2, 0) is 11.3 Å². The van der Waals surface area contributed by atoms with Gasteiger partial charge in [0.05, 0.1) is 10.6 Å². The number of fused-ring (bicyclic) bond motifs is 1. The van der Waals surface area contributed by atoms with Crippen LogP contribution in [0.4, 0.5) is 11.4 Å². The number of thiazole rings is 1. The van der Waals surface area contributed by atoms with Crippen molar-refractivity contribution in [1.82, 2.24) is 4.57 Å². The summed E-state index contributed by atoms with van der Waals surface area (Å²) >= 11 is 4.32. The zero-order valence-corrected chi connectivity index (χ0v) is 17.8. The summed E-state index contributed by atoms with van der Waals surface area (Å²) in [6.45, 7) is 1.61. The predicted molar refractivity (Wildman–Crippen MR) is 120 cm³/mol. The van der Waals surface area contributed by atoms with Crippen LogP contribution in [-0.4, -0.2) is 21.8 Å². The largest absolute Gasteiger partial charge is 0.493 e. The highest BCUT2D eigenvalue weighted by atomic mass is 79.9. The van der Waals surface area contributed by atoms with Crippen LogP contribution >= 0.6 is 27.3 Å². The van der Waals surface area contributed by atoms with Crippen molar-refractivity contribution in [2.75, 3.05) is 5.32 Å². The molecule has 29 heavy (non-hydrogen) atoms. The zero-order chi connectivity index (χ0) is 20.5. The maximum Gasteiger partial charge on any atom is 0.311 e. The van der Waals surface area contributed by atoms with Gasteiger partial charge in [-0.3, -0.25) is 19.1 Å². The summed E-state index contributed by atoms with van der Waals surface area (Å²) in [6, 6.07) is 13.1. The summed E-state index contributed by atoms with van der Waals surface area (Å²) < 4.78 is 1.98. The molecule has 6 nitrogen and oxygen atoms in total. The van der Waals surface area contributed by atoms with E-state index in [0.29, 0.717) is 10.6 Å². The lowest BCUT2D eigenvalue weighted by Gasteiger charge is -2.08. The minimum atomic E-state index is -0.404. The van der Waals surface area contributed by atoms with Gasteiger partial charge in [-0.2, -0.15) is 0 Å². The predicted octanol–water partition coefficient (Wildman–Crippen LogP) is 4.58. The van der Waals surface area contributed by atoms with Gasteiger partial charge < -0.3 is 10.4 Å². The number of benzene rings is 2. The average Bonchev–Trinajstić information content (AvgIpc) is 3.19. The molecule has 0 bridgehead atoms. The van der Waals surface area contributed by atoms with Crippen LogP contribution in [0.5, 0.6) is 5.88 Å². The Hall–Kier alpha value is -2.97. The van der Waals surface area contributed by atoms with E-state index < -0.39 is 4.87 Å². The number of aryl methyl sites for hydroxylation is 1. The number of allylic oxidation sites excluding steroid dienone is 1. The molecule has 1 aromatic heterocycles. The third-order valence-electron chi connectivity index (χ3n) is 4.51. The topological polar surface area (TPSA) is 83.7 Å². The number of para-hydroxylation sites is 1. The minimum Gasteiger partial charge on any atom is -0.493 e. The molecule has 0 atom stereocenters. The zero-order valence-electron chi connectivity index (χ0n) is 15.3. The van der Waals surface area contributed by atoms with Gasteiger partial charge >= 0.3 is 4.87 Å². The molecule has 0 fully saturated rings. The maximum atomic E-state index is 12.4. The average molecular weight is 470 g/mol. The number of aromatic nitrogens is 1. The Balaban J connectivity index is 1.59.